The summed E-state index contributed by atoms with van der Waals surface area (Å²) in [5.41, 5.74) is 9.77. The van der Waals surface area contributed by atoms with Crippen molar-refractivity contribution in [2.75, 3.05) is 0 Å². The highest BCUT2D eigenvalue weighted by Gasteiger charge is 2.17. The van der Waals surface area contributed by atoms with Crippen molar-refractivity contribution in [3.05, 3.63) is 70.0 Å². The van der Waals surface area contributed by atoms with E-state index in [2.05, 4.69) is 0 Å². The fourth-order valence-corrected chi connectivity index (χ4v) is 3.65. The van der Waals surface area contributed by atoms with E-state index in [4.69, 9.17) is 5.73 Å². The number of nitrogens with zero attached hydrogens (tertiary/aromatic N) is 2. The Morgan fingerprint density at radius 2 is 1.70 bits per heavy atom. The number of aromatic carboxylic acids is 1. The smallest absolute Gasteiger partial charge is 0.335 e. The number of aromatic nitrogens is 2. The number of fused-ring (bicyclic) bond motifs is 3. The monoisotopic (exact) mass is 361 g/mol. The molecule has 0 atom stereocenters. The van der Waals surface area contributed by atoms with E-state index < -0.39 is 5.97 Å². The van der Waals surface area contributed by atoms with Gasteiger partial charge in [0.25, 0.3) is 5.56 Å². The van der Waals surface area contributed by atoms with Crippen molar-refractivity contribution in [1.29, 1.82) is 0 Å². The van der Waals surface area contributed by atoms with Gasteiger partial charge in [0.15, 0.2) is 0 Å². The van der Waals surface area contributed by atoms with Crippen LogP contribution >= 0.6 is 0 Å². The topological polar surface area (TPSA) is 90.2 Å². The highest BCUT2D eigenvalue weighted by atomic mass is 16.4. The molecule has 0 unspecified atom stereocenters. The van der Waals surface area contributed by atoms with Gasteiger partial charge in [0.1, 0.15) is 5.65 Å². The Morgan fingerprint density at radius 1 is 1.00 bits per heavy atom. The number of carboxylic acid groups (broad SMARTS) is 1. The maximum atomic E-state index is 13.0. The average Bonchev–Trinajstić information content (AvgIpc) is 2.96. The third-order valence-corrected chi connectivity index (χ3v) is 5.10. The molecule has 136 valence electrons. The van der Waals surface area contributed by atoms with Crippen LogP contribution < -0.4 is 11.3 Å². The quantitative estimate of drug-likeness (QED) is 0.587. The molecule has 0 aliphatic heterocycles. The van der Waals surface area contributed by atoms with Gasteiger partial charge in [-0.15, -0.1) is 0 Å². The predicted octanol–water partition coefficient (Wildman–Crippen LogP) is 2.85. The summed E-state index contributed by atoms with van der Waals surface area (Å²) in [6.45, 7) is 0.443. The molecule has 0 aliphatic rings. The van der Waals surface area contributed by atoms with Gasteiger partial charge in [0, 0.05) is 37.0 Å². The summed E-state index contributed by atoms with van der Waals surface area (Å²) in [6.07, 6.45) is 0. The largest absolute Gasteiger partial charge is 0.478 e. The lowest BCUT2D eigenvalue weighted by molar-refractivity contribution is 0.0697. The Balaban J connectivity index is 2.08. The van der Waals surface area contributed by atoms with Gasteiger partial charge in [-0.3, -0.25) is 9.36 Å². The number of carbonyl (C=O) groups is 1. The summed E-state index contributed by atoms with van der Waals surface area (Å²) in [5, 5.41) is 11.0. The van der Waals surface area contributed by atoms with Crippen LogP contribution in [0.5, 0.6) is 0 Å². The number of pyridine rings is 1. The third-order valence-electron chi connectivity index (χ3n) is 5.10. The first-order valence-electron chi connectivity index (χ1n) is 8.57. The van der Waals surface area contributed by atoms with Crippen LogP contribution in [0.4, 0.5) is 0 Å². The predicted molar refractivity (Wildman–Crippen MR) is 106 cm³/mol. The molecule has 2 heterocycles. The molecule has 0 radical (unpaired) electrons. The van der Waals surface area contributed by atoms with Crippen LogP contribution in [-0.2, 0) is 20.6 Å². The first-order valence-corrected chi connectivity index (χ1v) is 8.57. The summed E-state index contributed by atoms with van der Waals surface area (Å²) in [5.74, 6) is -0.976. The molecule has 27 heavy (non-hydrogen) atoms. The van der Waals surface area contributed by atoms with E-state index in [-0.39, 0.29) is 11.1 Å². The van der Waals surface area contributed by atoms with Gasteiger partial charge in [-0.1, -0.05) is 24.3 Å². The molecule has 2 aromatic heterocycles. The number of hydrogen-bond donors (Lipinski definition) is 2. The minimum atomic E-state index is -0.976. The first-order chi connectivity index (χ1) is 12.9. The van der Waals surface area contributed by atoms with Gasteiger partial charge >= 0.3 is 5.97 Å². The first kappa shape index (κ1) is 17.1. The maximum Gasteiger partial charge on any atom is 0.335 e. The van der Waals surface area contributed by atoms with E-state index in [1.54, 1.807) is 29.8 Å². The second-order valence-corrected chi connectivity index (χ2v) is 6.66. The molecule has 6 nitrogen and oxygen atoms in total. The van der Waals surface area contributed by atoms with E-state index >= 15 is 0 Å². The van der Waals surface area contributed by atoms with Crippen LogP contribution in [0.25, 0.3) is 33.1 Å². The van der Waals surface area contributed by atoms with Gasteiger partial charge in [-0.2, -0.15) is 0 Å². The van der Waals surface area contributed by atoms with Crippen molar-refractivity contribution >= 4 is 27.9 Å². The molecule has 0 spiro atoms. The molecule has 6 heteroatoms. The molecular formula is C21H19N3O3. The molecule has 0 aliphatic carbocycles. The van der Waals surface area contributed by atoms with Crippen molar-refractivity contribution in [2.24, 2.45) is 19.8 Å². The minimum Gasteiger partial charge on any atom is -0.478 e. The van der Waals surface area contributed by atoms with Crippen molar-refractivity contribution in [3.8, 4) is 11.1 Å². The SMILES string of the molecule is Cn1c(=O)c(-c2ccc(CN)cc2)cc2c3cc(C(=O)O)ccc3n(C)c21. The fraction of sp³-hybridized carbons (Fsp3) is 0.143. The van der Waals surface area contributed by atoms with Crippen LogP contribution in [-0.4, -0.2) is 20.2 Å². The molecule has 0 saturated heterocycles. The minimum absolute atomic E-state index is 0.104. The van der Waals surface area contributed by atoms with Crippen molar-refractivity contribution < 1.29 is 9.90 Å². The summed E-state index contributed by atoms with van der Waals surface area (Å²) in [6, 6.07) is 14.5. The third kappa shape index (κ3) is 2.53. The lowest BCUT2D eigenvalue weighted by Crippen LogP contribution is -2.20. The van der Waals surface area contributed by atoms with E-state index in [1.807, 2.05) is 41.9 Å². The van der Waals surface area contributed by atoms with Gasteiger partial charge < -0.3 is 15.4 Å². The Kier molecular flexibility index (Phi) is 3.86. The van der Waals surface area contributed by atoms with E-state index in [1.165, 1.54) is 0 Å². The average molecular weight is 361 g/mol. The van der Waals surface area contributed by atoms with Crippen molar-refractivity contribution in [3.63, 3.8) is 0 Å². The molecule has 2 aromatic carbocycles. The lowest BCUT2D eigenvalue weighted by Gasteiger charge is -2.09. The van der Waals surface area contributed by atoms with Crippen LogP contribution in [0.2, 0.25) is 0 Å². The number of hydrogen-bond acceptors (Lipinski definition) is 3. The molecular weight excluding hydrogens is 342 g/mol. The zero-order chi connectivity index (χ0) is 19.3. The number of carboxylic acids is 1. The summed E-state index contributed by atoms with van der Waals surface area (Å²) in [4.78, 5) is 24.4. The Hall–Kier alpha value is -3.38. The van der Waals surface area contributed by atoms with E-state index in [9.17, 15) is 14.7 Å². The molecule has 4 rings (SSSR count). The van der Waals surface area contributed by atoms with Crippen molar-refractivity contribution in [2.45, 2.75) is 6.54 Å². The fourth-order valence-electron chi connectivity index (χ4n) is 3.65. The molecule has 0 fully saturated rings. The van der Waals surface area contributed by atoms with E-state index in [0.29, 0.717) is 12.1 Å². The zero-order valence-electron chi connectivity index (χ0n) is 15.1. The Labute approximate surface area is 155 Å². The van der Waals surface area contributed by atoms with Crippen LogP contribution in [0.15, 0.2) is 53.3 Å². The number of nitrogens with two attached hydrogens (primary N) is 1. The number of benzene rings is 2. The van der Waals surface area contributed by atoms with Crippen molar-refractivity contribution in [1.82, 2.24) is 9.13 Å². The Bertz CT molecular complexity index is 1260. The highest BCUT2D eigenvalue weighted by Crippen LogP contribution is 2.30. The summed E-state index contributed by atoms with van der Waals surface area (Å²) in [7, 11) is 3.61. The summed E-state index contributed by atoms with van der Waals surface area (Å²) < 4.78 is 3.53. The van der Waals surface area contributed by atoms with Gasteiger partial charge in [0.2, 0.25) is 0 Å². The molecule has 0 saturated carbocycles. The second kappa shape index (κ2) is 6.10. The van der Waals surface area contributed by atoms with Gasteiger partial charge in [0.05, 0.1) is 11.1 Å². The second-order valence-electron chi connectivity index (χ2n) is 6.66. The molecule has 0 amide bonds. The number of aryl methyl sites for hydroxylation is 2. The zero-order valence-corrected chi connectivity index (χ0v) is 15.1. The Morgan fingerprint density at radius 3 is 2.33 bits per heavy atom. The molecule has 4 aromatic rings. The van der Waals surface area contributed by atoms with Crippen LogP contribution in [0, 0.1) is 0 Å². The van der Waals surface area contributed by atoms with Gasteiger partial charge in [-0.25, -0.2) is 4.79 Å². The van der Waals surface area contributed by atoms with E-state index in [0.717, 1.165) is 33.1 Å². The lowest BCUT2D eigenvalue weighted by atomic mass is 10.0. The standard InChI is InChI=1S/C21H19N3O3/c1-23-18-8-7-14(21(26)27)9-16(18)17-10-15(20(25)24(2)19(17)23)13-5-3-12(11-22)4-6-13/h3-10H,11,22H2,1-2H3,(H,26,27). The van der Waals surface area contributed by atoms with Crippen LogP contribution in [0.1, 0.15) is 15.9 Å². The maximum absolute atomic E-state index is 13.0. The molecule has 3 N–H and O–H groups in total. The normalized spacial score (nSPS) is 11.4. The number of rotatable bonds is 3. The highest BCUT2D eigenvalue weighted by molar-refractivity contribution is 6.10. The summed E-state index contributed by atoms with van der Waals surface area (Å²) >= 11 is 0. The van der Waals surface area contributed by atoms with Gasteiger partial charge in [-0.05, 0) is 35.4 Å². The van der Waals surface area contributed by atoms with Crippen LogP contribution in [0.3, 0.4) is 0 Å². The molecule has 0 bridgehead atoms.